The molecule has 5 rings (SSSR count). The molecule has 0 radical (unpaired) electrons. The highest BCUT2D eigenvalue weighted by Crippen LogP contribution is 2.77. The fraction of sp³-hybridized carbons (Fsp3) is 0.714. The molecule has 0 unspecified atom stereocenters. The Morgan fingerprint density at radius 2 is 1.86 bits per heavy atom. The third kappa shape index (κ3) is 3.06. The van der Waals surface area contributed by atoms with E-state index in [2.05, 4.69) is 6.92 Å². The van der Waals surface area contributed by atoms with Crippen LogP contribution in [-0.2, 0) is 33.4 Å². The van der Waals surface area contributed by atoms with E-state index in [1.54, 1.807) is 26.0 Å². The highest BCUT2D eigenvalue weighted by molar-refractivity contribution is 6.01. The van der Waals surface area contributed by atoms with Gasteiger partial charge in [-0.15, -0.1) is 0 Å². The van der Waals surface area contributed by atoms with Gasteiger partial charge < -0.3 is 14.2 Å². The zero-order valence-electron chi connectivity index (χ0n) is 21.4. The lowest BCUT2D eigenvalue weighted by molar-refractivity contribution is -0.196. The molecule has 7 nitrogen and oxygen atoms in total. The molecule has 4 aliphatic carbocycles. The molecule has 0 amide bonds. The van der Waals surface area contributed by atoms with Gasteiger partial charge in [-0.1, -0.05) is 32.4 Å². The summed E-state index contributed by atoms with van der Waals surface area (Å²) < 4.78 is 32.5. The van der Waals surface area contributed by atoms with E-state index in [9.17, 15) is 23.6 Å². The van der Waals surface area contributed by atoms with Gasteiger partial charge in [0.15, 0.2) is 18.0 Å². The minimum Gasteiger partial charge on any atom is -0.457 e. The fourth-order valence-corrected chi connectivity index (χ4v) is 8.38. The summed E-state index contributed by atoms with van der Waals surface area (Å²) in [7, 11) is 0. The van der Waals surface area contributed by atoms with Gasteiger partial charge in [-0.2, -0.15) is 0 Å². The molecule has 1 saturated heterocycles. The Kier molecular flexibility index (Phi) is 5.86. The predicted molar refractivity (Wildman–Crippen MR) is 126 cm³/mol. The number of carbonyl (C=O) groups excluding carboxylic acids is 4. The summed E-state index contributed by atoms with van der Waals surface area (Å²) in [5, 5.41) is 0. The zero-order chi connectivity index (χ0) is 26.1. The van der Waals surface area contributed by atoms with Crippen LogP contribution >= 0.6 is 0 Å². The number of allylic oxidation sites excluding steroid dienone is 2. The monoisotopic (exact) mass is 502 g/mol. The molecule has 0 aromatic rings. The van der Waals surface area contributed by atoms with Crippen LogP contribution in [0.2, 0.25) is 0 Å². The van der Waals surface area contributed by atoms with Crippen molar-refractivity contribution in [3.05, 3.63) is 23.8 Å². The first-order valence-corrected chi connectivity index (χ1v) is 13.1. The summed E-state index contributed by atoms with van der Waals surface area (Å²) in [6.07, 6.45) is 7.45. The van der Waals surface area contributed by atoms with Crippen molar-refractivity contribution in [2.45, 2.75) is 83.5 Å². The van der Waals surface area contributed by atoms with E-state index in [0.29, 0.717) is 19.3 Å². The summed E-state index contributed by atoms with van der Waals surface area (Å²) >= 11 is 0. The average Bonchev–Trinajstić information content (AvgIpc) is 3.52. The van der Waals surface area contributed by atoms with E-state index in [1.807, 2.05) is 13.0 Å². The van der Waals surface area contributed by atoms with E-state index in [0.717, 1.165) is 12.0 Å². The zero-order valence-corrected chi connectivity index (χ0v) is 21.4. The van der Waals surface area contributed by atoms with Crippen LogP contribution in [0.4, 0.5) is 4.39 Å². The van der Waals surface area contributed by atoms with E-state index in [4.69, 9.17) is 14.2 Å². The number of carbonyl (C=O) groups is 4. The Hall–Kier alpha value is -2.35. The van der Waals surface area contributed by atoms with Crippen LogP contribution in [0.15, 0.2) is 23.8 Å². The summed E-state index contributed by atoms with van der Waals surface area (Å²) in [4.78, 5) is 50.5. The second-order valence-corrected chi connectivity index (χ2v) is 11.5. The van der Waals surface area contributed by atoms with Crippen molar-refractivity contribution < 1.29 is 37.8 Å². The molecular weight excluding hydrogens is 467 g/mol. The molecule has 5 aliphatic rings. The molecular formula is C28H35FO7. The Morgan fingerprint density at radius 3 is 2.53 bits per heavy atom. The fourth-order valence-electron chi connectivity index (χ4n) is 8.38. The molecule has 36 heavy (non-hydrogen) atoms. The van der Waals surface area contributed by atoms with E-state index in [-0.39, 0.29) is 36.6 Å². The van der Waals surface area contributed by atoms with Gasteiger partial charge in [0.25, 0.3) is 0 Å². The summed E-state index contributed by atoms with van der Waals surface area (Å²) in [6.45, 7) is 5.92. The first kappa shape index (κ1) is 25.3. The Balaban J connectivity index is 1.57. The van der Waals surface area contributed by atoms with Gasteiger partial charge in [0, 0.05) is 29.6 Å². The molecule has 1 aliphatic heterocycles. The van der Waals surface area contributed by atoms with E-state index < -0.39 is 59.0 Å². The molecule has 3 saturated carbocycles. The molecule has 1 spiro atoms. The number of Topliss-reactive ketones (excluding diaryl/α,β-unsaturated/α-hetero) is 1. The maximum Gasteiger partial charge on any atom is 0.306 e. The molecule has 196 valence electrons. The maximum atomic E-state index is 14.8. The van der Waals surface area contributed by atoms with Crippen LogP contribution in [0.5, 0.6) is 0 Å². The van der Waals surface area contributed by atoms with Crippen molar-refractivity contribution in [1.82, 2.24) is 0 Å². The minimum atomic E-state index is -1.74. The predicted octanol–water partition coefficient (Wildman–Crippen LogP) is 3.84. The summed E-state index contributed by atoms with van der Waals surface area (Å²) in [5.41, 5.74) is -2.54. The van der Waals surface area contributed by atoms with Crippen LogP contribution < -0.4 is 0 Å². The molecule has 8 atom stereocenters. The van der Waals surface area contributed by atoms with Crippen molar-refractivity contribution in [2.75, 3.05) is 13.3 Å². The van der Waals surface area contributed by atoms with Crippen molar-refractivity contribution in [3.8, 4) is 0 Å². The minimum absolute atomic E-state index is 0.00324. The smallest absolute Gasteiger partial charge is 0.306 e. The van der Waals surface area contributed by atoms with Gasteiger partial charge in [-0.3, -0.25) is 23.6 Å². The second kappa shape index (κ2) is 8.33. The van der Waals surface area contributed by atoms with Crippen molar-refractivity contribution >= 4 is 23.5 Å². The van der Waals surface area contributed by atoms with Gasteiger partial charge in [0.05, 0.1) is 12.8 Å². The highest BCUT2D eigenvalue weighted by Gasteiger charge is 2.83. The number of esters is 2. The number of alkyl halides is 1. The average molecular weight is 503 g/mol. The Bertz CT molecular complexity index is 1080. The number of ketones is 2. The molecule has 0 aromatic heterocycles. The largest absolute Gasteiger partial charge is 0.457 e. The summed E-state index contributed by atoms with van der Waals surface area (Å²) in [5.74, 6) is -2.67. The Morgan fingerprint density at radius 1 is 1.14 bits per heavy atom. The van der Waals surface area contributed by atoms with Crippen LogP contribution in [-0.4, -0.2) is 54.1 Å². The summed E-state index contributed by atoms with van der Waals surface area (Å²) in [6, 6.07) is 0. The van der Waals surface area contributed by atoms with Crippen molar-refractivity contribution in [3.63, 3.8) is 0 Å². The third-order valence-corrected chi connectivity index (χ3v) is 10.1. The van der Waals surface area contributed by atoms with Gasteiger partial charge in [0.1, 0.15) is 5.60 Å². The maximum absolute atomic E-state index is 14.8. The number of hydrogen-bond donors (Lipinski definition) is 0. The molecule has 1 heterocycles. The number of hydrogen-bond acceptors (Lipinski definition) is 7. The van der Waals surface area contributed by atoms with Crippen LogP contribution in [0.25, 0.3) is 0 Å². The number of epoxide rings is 1. The van der Waals surface area contributed by atoms with Crippen molar-refractivity contribution in [1.29, 1.82) is 0 Å². The number of fused-ring (bicyclic) bond motifs is 3. The standard InChI is InChI=1S/C28H35FO7/c1-5-23(32)34-15-21(31)27(36-24(33)6-2)17(14-29)12-20-19-8-7-16-11-18(30)9-10-25(16,3)28(19)22(35-28)13-26(20,27)4/h9-11,17,19-20,22H,5-8,12-15H2,1-4H3/t17-,19-,20-,22-,25-,26-,27-,28+/m0/s1. The first-order chi connectivity index (χ1) is 17.0. The lowest BCUT2D eigenvalue weighted by Gasteiger charge is -2.56. The lowest BCUT2D eigenvalue weighted by atomic mass is 9.46. The van der Waals surface area contributed by atoms with Gasteiger partial charge >= 0.3 is 11.9 Å². The topological polar surface area (TPSA) is 99.3 Å². The van der Waals surface area contributed by atoms with Crippen molar-refractivity contribution in [2.24, 2.45) is 28.6 Å². The normalized spacial score (nSPS) is 43.9. The molecule has 8 heteroatoms. The van der Waals surface area contributed by atoms with Gasteiger partial charge in [0.2, 0.25) is 5.78 Å². The van der Waals surface area contributed by atoms with Crippen LogP contribution in [0, 0.1) is 28.6 Å². The molecule has 0 N–H and O–H groups in total. The first-order valence-electron chi connectivity index (χ1n) is 13.1. The Labute approximate surface area is 210 Å². The molecule has 0 bridgehead atoms. The number of rotatable bonds is 7. The van der Waals surface area contributed by atoms with E-state index in [1.165, 1.54) is 0 Å². The SMILES string of the molecule is CCC(=O)OCC(=O)[C@@]1(OC(=O)CC)[C@H](CF)C[C@H]2[C@@H]3CCC4=CC(=O)C=C[C@]4(C)[C@@]34O[C@H]4C[C@@]21C. The number of halogens is 1. The van der Waals surface area contributed by atoms with Gasteiger partial charge in [-0.25, -0.2) is 0 Å². The lowest BCUT2D eigenvalue weighted by Crippen LogP contribution is -2.64. The third-order valence-electron chi connectivity index (χ3n) is 10.1. The van der Waals surface area contributed by atoms with E-state index >= 15 is 0 Å². The van der Waals surface area contributed by atoms with Gasteiger partial charge in [-0.05, 0) is 56.6 Å². The second-order valence-electron chi connectivity index (χ2n) is 11.5. The number of ether oxygens (including phenoxy) is 3. The van der Waals surface area contributed by atoms with Crippen LogP contribution in [0.1, 0.15) is 66.2 Å². The quantitative estimate of drug-likeness (QED) is 0.385. The van der Waals surface area contributed by atoms with Crippen LogP contribution in [0.3, 0.4) is 0 Å². The molecule has 0 aromatic carbocycles. The molecule has 4 fully saturated rings. The highest BCUT2D eigenvalue weighted by atomic mass is 19.1.